The molecule has 27 heavy (non-hydrogen) atoms. The van der Waals surface area contributed by atoms with E-state index in [1.165, 1.54) is 10.4 Å². The number of hydrogen-bond donors (Lipinski definition) is 0. The van der Waals surface area contributed by atoms with Gasteiger partial charge in [0.1, 0.15) is 0 Å². The van der Waals surface area contributed by atoms with Crippen molar-refractivity contribution in [1.29, 1.82) is 0 Å². The highest BCUT2D eigenvalue weighted by molar-refractivity contribution is 7.14. The van der Waals surface area contributed by atoms with Gasteiger partial charge in [0.05, 0.1) is 11.4 Å². The molecule has 0 N–H and O–H groups in total. The van der Waals surface area contributed by atoms with Gasteiger partial charge in [-0.05, 0) is 62.1 Å². The van der Waals surface area contributed by atoms with Crippen molar-refractivity contribution in [2.45, 2.75) is 45.7 Å². The van der Waals surface area contributed by atoms with Gasteiger partial charge in [-0.2, -0.15) is 0 Å². The fourth-order valence-electron chi connectivity index (χ4n) is 3.04. The van der Waals surface area contributed by atoms with Crippen LogP contribution in [-0.2, 0) is 13.0 Å². The molecule has 0 unspecified atom stereocenters. The molecule has 4 rings (SSSR count). The zero-order chi connectivity index (χ0) is 19.0. The Morgan fingerprint density at radius 2 is 2.04 bits per heavy atom. The average Bonchev–Trinajstić information content (AvgIpc) is 3.28. The average molecular weight is 402 g/mol. The first-order valence-electron chi connectivity index (χ1n) is 9.03. The van der Waals surface area contributed by atoms with Crippen LogP contribution in [0.25, 0.3) is 11.5 Å². The summed E-state index contributed by atoms with van der Waals surface area (Å²) in [5.41, 5.74) is 2.05. The fourth-order valence-corrected chi connectivity index (χ4v) is 4.24. The molecule has 1 aliphatic carbocycles. The second-order valence-corrected chi connectivity index (χ2v) is 8.41. The molecule has 1 saturated carbocycles. The summed E-state index contributed by atoms with van der Waals surface area (Å²) in [7, 11) is 0. The number of rotatable bonds is 6. The number of amides is 1. The number of nitrogens with zero attached hydrogens (tertiary/aromatic N) is 3. The van der Waals surface area contributed by atoms with Crippen molar-refractivity contribution < 1.29 is 9.21 Å². The van der Waals surface area contributed by atoms with Gasteiger partial charge in [-0.25, -0.2) is 0 Å². The van der Waals surface area contributed by atoms with E-state index in [2.05, 4.69) is 24.0 Å². The minimum Gasteiger partial charge on any atom is -0.419 e. The van der Waals surface area contributed by atoms with Crippen LogP contribution in [0.2, 0.25) is 5.02 Å². The third-order valence-corrected chi connectivity index (χ3v) is 6.06. The van der Waals surface area contributed by atoms with E-state index in [-0.39, 0.29) is 11.9 Å². The van der Waals surface area contributed by atoms with Gasteiger partial charge in [0, 0.05) is 21.5 Å². The lowest BCUT2D eigenvalue weighted by Gasteiger charge is -2.19. The quantitative estimate of drug-likeness (QED) is 0.574. The summed E-state index contributed by atoms with van der Waals surface area (Å²) in [6, 6.07) is 9.52. The Morgan fingerprint density at radius 3 is 2.67 bits per heavy atom. The number of thiophene rings is 1. The van der Waals surface area contributed by atoms with Gasteiger partial charge in [-0.15, -0.1) is 21.5 Å². The molecule has 1 aliphatic rings. The molecule has 5 nitrogen and oxygen atoms in total. The zero-order valence-electron chi connectivity index (χ0n) is 15.2. The predicted molar refractivity (Wildman–Crippen MR) is 106 cm³/mol. The first-order valence-corrected chi connectivity index (χ1v) is 10.2. The first-order chi connectivity index (χ1) is 13.0. The van der Waals surface area contributed by atoms with Crippen LogP contribution in [0.15, 0.2) is 34.7 Å². The lowest BCUT2D eigenvalue weighted by Crippen LogP contribution is -2.32. The Morgan fingerprint density at radius 1 is 1.30 bits per heavy atom. The lowest BCUT2D eigenvalue weighted by atomic mass is 10.2. The van der Waals surface area contributed by atoms with Crippen LogP contribution in [-0.4, -0.2) is 27.0 Å². The summed E-state index contributed by atoms with van der Waals surface area (Å²) in [6.45, 7) is 4.51. The highest BCUT2D eigenvalue weighted by Crippen LogP contribution is 2.32. The van der Waals surface area contributed by atoms with E-state index in [0.717, 1.165) is 29.7 Å². The normalized spacial score (nSPS) is 13.7. The minimum absolute atomic E-state index is 0.0524. The van der Waals surface area contributed by atoms with Crippen LogP contribution in [0.4, 0.5) is 0 Å². The monoisotopic (exact) mass is 401 g/mol. The second kappa shape index (κ2) is 7.44. The van der Waals surface area contributed by atoms with E-state index in [1.54, 1.807) is 23.5 Å². The molecule has 0 radical (unpaired) electrons. The summed E-state index contributed by atoms with van der Waals surface area (Å²) in [5.74, 6) is 0.936. The molecule has 1 aromatic carbocycles. The molecule has 2 aromatic heterocycles. The van der Waals surface area contributed by atoms with Crippen molar-refractivity contribution in [2.75, 3.05) is 0 Å². The molecular formula is C20H20ClN3O2S. The molecular weight excluding hydrogens is 382 g/mol. The van der Waals surface area contributed by atoms with Crippen LogP contribution in [0.5, 0.6) is 0 Å². The lowest BCUT2D eigenvalue weighted by molar-refractivity contribution is 0.0719. The maximum Gasteiger partial charge on any atom is 0.264 e. The van der Waals surface area contributed by atoms with Crippen molar-refractivity contribution in [1.82, 2.24) is 15.1 Å². The van der Waals surface area contributed by atoms with E-state index >= 15 is 0 Å². The van der Waals surface area contributed by atoms with Gasteiger partial charge < -0.3 is 9.32 Å². The molecule has 3 aromatic rings. The maximum atomic E-state index is 13.1. The van der Waals surface area contributed by atoms with Gasteiger partial charge in [-0.1, -0.05) is 18.5 Å². The molecule has 0 saturated heterocycles. The van der Waals surface area contributed by atoms with Crippen LogP contribution < -0.4 is 0 Å². The molecule has 0 atom stereocenters. The van der Waals surface area contributed by atoms with Crippen LogP contribution >= 0.6 is 22.9 Å². The molecule has 1 amide bonds. The Labute approximate surface area is 167 Å². The third kappa shape index (κ3) is 3.92. The van der Waals surface area contributed by atoms with E-state index in [4.69, 9.17) is 16.0 Å². The second-order valence-electron chi connectivity index (χ2n) is 6.72. The number of halogens is 1. The largest absolute Gasteiger partial charge is 0.419 e. The van der Waals surface area contributed by atoms with Crippen molar-refractivity contribution in [3.8, 4) is 11.5 Å². The van der Waals surface area contributed by atoms with Crippen LogP contribution in [0.3, 0.4) is 0 Å². The predicted octanol–water partition coefficient (Wildman–Crippen LogP) is 5.13. The number of carbonyl (C=O) groups is 1. The first kappa shape index (κ1) is 18.2. The molecule has 0 aliphatic heterocycles. The van der Waals surface area contributed by atoms with Crippen molar-refractivity contribution in [2.24, 2.45) is 0 Å². The van der Waals surface area contributed by atoms with Crippen molar-refractivity contribution in [3.05, 3.63) is 56.6 Å². The van der Waals surface area contributed by atoms with Crippen LogP contribution in [0.1, 0.15) is 45.8 Å². The van der Waals surface area contributed by atoms with Gasteiger partial charge in [0.15, 0.2) is 0 Å². The van der Waals surface area contributed by atoms with Crippen molar-refractivity contribution >= 4 is 28.8 Å². The summed E-state index contributed by atoms with van der Waals surface area (Å²) < 4.78 is 5.80. The molecule has 7 heteroatoms. The maximum absolute atomic E-state index is 13.1. The summed E-state index contributed by atoms with van der Waals surface area (Å²) >= 11 is 7.49. The van der Waals surface area contributed by atoms with Gasteiger partial charge >= 0.3 is 0 Å². The Hall–Kier alpha value is -2.18. The van der Waals surface area contributed by atoms with E-state index < -0.39 is 0 Å². The van der Waals surface area contributed by atoms with Gasteiger partial charge in [0.25, 0.3) is 5.91 Å². The Bertz CT molecular complexity index is 960. The summed E-state index contributed by atoms with van der Waals surface area (Å²) in [5, 5.41) is 8.91. The number of hydrogen-bond acceptors (Lipinski definition) is 5. The molecule has 0 spiro atoms. The zero-order valence-corrected chi connectivity index (χ0v) is 16.8. The highest BCUT2D eigenvalue weighted by atomic mass is 35.5. The molecule has 140 valence electrons. The van der Waals surface area contributed by atoms with E-state index in [9.17, 15) is 4.79 Å². The Kier molecular flexibility index (Phi) is 5.02. The van der Waals surface area contributed by atoms with Gasteiger partial charge in [-0.3, -0.25) is 4.79 Å². The summed E-state index contributed by atoms with van der Waals surface area (Å²) in [6.07, 6.45) is 2.98. The highest BCUT2D eigenvalue weighted by Gasteiger charge is 2.35. The third-order valence-electron chi connectivity index (χ3n) is 4.72. The number of aryl methyl sites for hydroxylation is 2. The molecule has 2 heterocycles. The molecule has 1 fully saturated rings. The van der Waals surface area contributed by atoms with Crippen molar-refractivity contribution in [3.63, 3.8) is 0 Å². The minimum atomic E-state index is 0.0524. The van der Waals surface area contributed by atoms with E-state index in [1.807, 2.05) is 23.1 Å². The fraction of sp³-hybridized carbons (Fsp3) is 0.350. The number of carbonyl (C=O) groups excluding carboxylic acids is 1. The van der Waals surface area contributed by atoms with Gasteiger partial charge in [0.2, 0.25) is 11.8 Å². The van der Waals surface area contributed by atoms with Crippen LogP contribution in [0, 0.1) is 6.92 Å². The summed E-state index contributed by atoms with van der Waals surface area (Å²) in [4.78, 5) is 16.9. The topological polar surface area (TPSA) is 59.2 Å². The molecule has 0 bridgehead atoms. The SMILES string of the molecule is CCc1cc(C(=O)N(Cc2nnc(-c3ccc(Cl)cc3)o2)C2CC2)sc1C. The van der Waals surface area contributed by atoms with E-state index in [0.29, 0.717) is 23.3 Å². The number of benzene rings is 1. The smallest absolute Gasteiger partial charge is 0.264 e. The Balaban J connectivity index is 1.53. The standard InChI is InChI=1S/C20H20ClN3O2S/c1-3-13-10-17(27-12(13)2)20(25)24(16-8-9-16)11-18-22-23-19(26-18)14-4-6-15(21)7-5-14/h4-7,10,16H,3,8-9,11H2,1-2H3. The number of aromatic nitrogens is 2.